The molecule has 0 unspecified atom stereocenters. The minimum atomic E-state index is 0.380. The van der Waals surface area contributed by atoms with Gasteiger partial charge in [-0.1, -0.05) is 0 Å². The predicted molar refractivity (Wildman–Crippen MR) is 55.0 cm³/mol. The van der Waals surface area contributed by atoms with E-state index in [9.17, 15) is 4.79 Å². The van der Waals surface area contributed by atoms with Crippen molar-refractivity contribution in [2.75, 3.05) is 7.11 Å². The summed E-state index contributed by atoms with van der Waals surface area (Å²) in [4.78, 5) is 13.7. The molecule has 5 nitrogen and oxygen atoms in total. The summed E-state index contributed by atoms with van der Waals surface area (Å²) < 4.78 is 6.74. The van der Waals surface area contributed by atoms with Gasteiger partial charge in [0.15, 0.2) is 5.82 Å². The molecule has 15 heavy (non-hydrogen) atoms. The van der Waals surface area contributed by atoms with Gasteiger partial charge in [0.05, 0.1) is 12.6 Å². The van der Waals surface area contributed by atoms with Gasteiger partial charge in [-0.15, -0.1) is 4.99 Å². The van der Waals surface area contributed by atoms with Gasteiger partial charge in [-0.25, -0.2) is 4.79 Å². The van der Waals surface area contributed by atoms with Gasteiger partial charge in [-0.3, -0.25) is 4.68 Å². The number of carbonyl (C=O) groups excluding carboxylic acids is 1. The van der Waals surface area contributed by atoms with Crippen molar-refractivity contribution in [1.29, 1.82) is 0 Å². The minimum Gasteiger partial charge on any atom is -0.497 e. The Labute approximate surface area is 86.0 Å². The van der Waals surface area contributed by atoms with Crippen LogP contribution in [0.15, 0.2) is 23.2 Å². The van der Waals surface area contributed by atoms with E-state index >= 15 is 0 Å². The molecule has 2 rings (SSSR count). The molecule has 1 aromatic heterocycles. The number of rotatable bonds is 2. The van der Waals surface area contributed by atoms with Crippen molar-refractivity contribution in [2.45, 2.75) is 0 Å². The average Bonchev–Trinajstić information content (AvgIpc) is 2.56. The summed E-state index contributed by atoms with van der Waals surface area (Å²) in [5, 5.41) is 4.89. The first kappa shape index (κ1) is 9.43. The quantitative estimate of drug-likeness (QED) is 0.549. The molecule has 5 heteroatoms. The summed E-state index contributed by atoms with van der Waals surface area (Å²) in [5.74, 6) is 1.12. The number of hydrogen-bond acceptors (Lipinski definition) is 4. The Bertz CT molecular complexity index is 553. The lowest BCUT2D eigenvalue weighted by Gasteiger charge is -1.99. The number of nitrogens with zero attached hydrogens (tertiary/aromatic N) is 3. The molecule has 1 aromatic carbocycles. The van der Waals surface area contributed by atoms with E-state index in [0.29, 0.717) is 5.82 Å². The van der Waals surface area contributed by atoms with E-state index in [1.807, 2.05) is 12.1 Å². The average molecular weight is 203 g/mol. The Morgan fingerprint density at radius 2 is 2.33 bits per heavy atom. The lowest BCUT2D eigenvalue weighted by atomic mass is 10.2. The van der Waals surface area contributed by atoms with Crippen LogP contribution in [0.5, 0.6) is 5.75 Å². The monoisotopic (exact) mass is 203 g/mol. The van der Waals surface area contributed by atoms with Crippen molar-refractivity contribution in [3.8, 4) is 5.75 Å². The van der Waals surface area contributed by atoms with Crippen molar-refractivity contribution in [1.82, 2.24) is 9.78 Å². The van der Waals surface area contributed by atoms with Crippen molar-refractivity contribution in [3.05, 3.63) is 18.2 Å². The van der Waals surface area contributed by atoms with E-state index in [0.717, 1.165) is 16.7 Å². The zero-order valence-electron chi connectivity index (χ0n) is 8.39. The van der Waals surface area contributed by atoms with Gasteiger partial charge in [-0.05, 0) is 12.1 Å². The predicted octanol–water partition coefficient (Wildman–Crippen LogP) is 1.55. The Morgan fingerprint density at radius 1 is 1.53 bits per heavy atom. The highest BCUT2D eigenvalue weighted by Gasteiger charge is 2.08. The van der Waals surface area contributed by atoms with E-state index < -0.39 is 0 Å². The van der Waals surface area contributed by atoms with Gasteiger partial charge >= 0.3 is 0 Å². The molecular weight excluding hydrogens is 194 g/mol. The Balaban J connectivity index is 2.74. The van der Waals surface area contributed by atoms with Gasteiger partial charge in [-0.2, -0.15) is 5.10 Å². The van der Waals surface area contributed by atoms with Gasteiger partial charge in [0.25, 0.3) is 0 Å². The number of fused-ring (bicyclic) bond motifs is 1. The highest BCUT2D eigenvalue weighted by atomic mass is 16.5. The van der Waals surface area contributed by atoms with Crippen LogP contribution < -0.4 is 4.74 Å². The maximum atomic E-state index is 10.2. The molecule has 0 amide bonds. The van der Waals surface area contributed by atoms with Gasteiger partial charge in [0.1, 0.15) is 5.75 Å². The third kappa shape index (κ3) is 1.49. The van der Waals surface area contributed by atoms with Gasteiger partial charge < -0.3 is 4.74 Å². The number of isocyanates is 1. The van der Waals surface area contributed by atoms with Crippen molar-refractivity contribution in [2.24, 2.45) is 12.0 Å². The van der Waals surface area contributed by atoms with E-state index in [1.165, 1.54) is 6.08 Å². The Morgan fingerprint density at radius 3 is 3.00 bits per heavy atom. The molecule has 2 aromatic rings. The Hall–Kier alpha value is -2.13. The maximum absolute atomic E-state index is 10.2. The summed E-state index contributed by atoms with van der Waals surface area (Å²) >= 11 is 0. The fraction of sp³-hybridized carbons (Fsp3) is 0.200. The molecule has 0 N–H and O–H groups in total. The first-order chi connectivity index (χ1) is 7.26. The maximum Gasteiger partial charge on any atom is 0.242 e. The van der Waals surface area contributed by atoms with E-state index in [1.54, 1.807) is 24.9 Å². The van der Waals surface area contributed by atoms with Crippen LogP contribution in [0.25, 0.3) is 10.9 Å². The topological polar surface area (TPSA) is 56.5 Å². The largest absolute Gasteiger partial charge is 0.497 e. The van der Waals surface area contributed by atoms with Crippen LogP contribution in [0.2, 0.25) is 0 Å². The van der Waals surface area contributed by atoms with Crippen molar-refractivity contribution < 1.29 is 9.53 Å². The standard InChI is InChI=1S/C10H9N3O2/c1-13-9-5-7(15-2)3-4-8(9)10(12-13)11-6-14/h3-5H,1-2H3. The van der Waals surface area contributed by atoms with Crippen molar-refractivity contribution >= 4 is 22.8 Å². The third-order valence-corrected chi connectivity index (χ3v) is 2.19. The lowest BCUT2D eigenvalue weighted by molar-refractivity contribution is 0.415. The SMILES string of the molecule is COc1ccc2c(N=C=O)nn(C)c2c1. The molecule has 0 saturated heterocycles. The molecule has 0 aliphatic rings. The second-order valence-electron chi connectivity index (χ2n) is 3.03. The van der Waals surface area contributed by atoms with E-state index in [4.69, 9.17) is 4.74 Å². The first-order valence-corrected chi connectivity index (χ1v) is 4.35. The summed E-state index contributed by atoms with van der Waals surface area (Å²) in [6.07, 6.45) is 1.49. The molecular formula is C10H9N3O2. The number of hydrogen-bond donors (Lipinski definition) is 0. The lowest BCUT2D eigenvalue weighted by Crippen LogP contribution is -1.89. The number of aromatic nitrogens is 2. The van der Waals surface area contributed by atoms with Crippen LogP contribution in [0.4, 0.5) is 5.82 Å². The van der Waals surface area contributed by atoms with E-state index in [2.05, 4.69) is 10.1 Å². The normalized spacial score (nSPS) is 10.0. The summed E-state index contributed by atoms with van der Waals surface area (Å²) in [5.41, 5.74) is 0.864. The summed E-state index contributed by atoms with van der Waals surface area (Å²) in [6, 6.07) is 5.46. The second-order valence-corrected chi connectivity index (χ2v) is 3.03. The fourth-order valence-electron chi connectivity index (χ4n) is 1.47. The number of benzene rings is 1. The molecule has 0 saturated carbocycles. The van der Waals surface area contributed by atoms with Gasteiger partial charge in [0.2, 0.25) is 6.08 Å². The van der Waals surface area contributed by atoms with Crippen molar-refractivity contribution in [3.63, 3.8) is 0 Å². The summed E-state index contributed by atoms with van der Waals surface area (Å²) in [6.45, 7) is 0. The molecule has 1 heterocycles. The number of aliphatic imine (C=N–C) groups is 1. The van der Waals surface area contributed by atoms with Crippen LogP contribution >= 0.6 is 0 Å². The molecule has 76 valence electrons. The molecule has 0 aliphatic carbocycles. The van der Waals surface area contributed by atoms with Crippen LogP contribution in [0.1, 0.15) is 0 Å². The van der Waals surface area contributed by atoms with Crippen LogP contribution in [-0.4, -0.2) is 23.0 Å². The molecule has 0 atom stereocenters. The summed E-state index contributed by atoms with van der Waals surface area (Å²) in [7, 11) is 3.38. The molecule has 0 spiro atoms. The van der Waals surface area contributed by atoms with Crippen LogP contribution in [-0.2, 0) is 11.8 Å². The molecule has 0 aliphatic heterocycles. The zero-order valence-corrected chi connectivity index (χ0v) is 8.39. The first-order valence-electron chi connectivity index (χ1n) is 4.35. The number of methoxy groups -OCH3 is 1. The fourth-order valence-corrected chi connectivity index (χ4v) is 1.47. The number of aryl methyl sites for hydroxylation is 1. The highest BCUT2D eigenvalue weighted by Crippen LogP contribution is 2.27. The molecule has 0 radical (unpaired) electrons. The third-order valence-electron chi connectivity index (χ3n) is 2.19. The highest BCUT2D eigenvalue weighted by molar-refractivity contribution is 5.90. The Kier molecular flexibility index (Phi) is 2.23. The minimum absolute atomic E-state index is 0.380. The second kappa shape index (κ2) is 3.55. The smallest absolute Gasteiger partial charge is 0.242 e. The van der Waals surface area contributed by atoms with Crippen LogP contribution in [0.3, 0.4) is 0 Å². The number of ether oxygens (including phenoxy) is 1. The molecule has 0 bridgehead atoms. The molecule has 0 fully saturated rings. The van der Waals surface area contributed by atoms with Crippen LogP contribution in [0, 0.1) is 0 Å². The zero-order chi connectivity index (χ0) is 10.8. The van der Waals surface area contributed by atoms with Gasteiger partial charge in [0, 0.05) is 18.5 Å². The van der Waals surface area contributed by atoms with E-state index in [-0.39, 0.29) is 0 Å².